The van der Waals surface area contributed by atoms with Crippen molar-refractivity contribution in [3.05, 3.63) is 11.7 Å². The summed E-state index contributed by atoms with van der Waals surface area (Å²) in [6, 6.07) is 0.702. The van der Waals surface area contributed by atoms with Gasteiger partial charge in [-0.15, -0.1) is 0 Å². The van der Waals surface area contributed by atoms with Gasteiger partial charge in [-0.3, -0.25) is 0 Å². The van der Waals surface area contributed by atoms with Crippen molar-refractivity contribution >= 4 is 0 Å². The average molecular weight is 167 g/mol. The van der Waals surface area contributed by atoms with Crippen molar-refractivity contribution in [2.24, 2.45) is 0 Å². The quantitative estimate of drug-likeness (QED) is 0.723. The summed E-state index contributed by atoms with van der Waals surface area (Å²) in [5.74, 6) is 1.50. The van der Waals surface area contributed by atoms with Gasteiger partial charge in [-0.25, -0.2) is 0 Å². The van der Waals surface area contributed by atoms with Crippen LogP contribution in [-0.4, -0.2) is 16.2 Å². The second-order valence-corrected chi connectivity index (χ2v) is 3.11. The summed E-state index contributed by atoms with van der Waals surface area (Å²) >= 11 is 0. The van der Waals surface area contributed by atoms with E-state index in [1.54, 1.807) is 0 Å². The van der Waals surface area contributed by atoms with Crippen molar-refractivity contribution < 1.29 is 4.52 Å². The Kier molecular flexibility index (Phi) is 2.08. The van der Waals surface area contributed by atoms with Crippen LogP contribution in [0.4, 0.5) is 0 Å². The molecule has 2 rings (SSSR count). The predicted octanol–water partition coefficient (Wildman–Crippen LogP) is 0.884. The molecule has 1 N–H and O–H groups in total. The Morgan fingerprint density at radius 3 is 3.00 bits per heavy atom. The van der Waals surface area contributed by atoms with Crippen molar-refractivity contribution in [3.63, 3.8) is 0 Å². The first kappa shape index (κ1) is 7.73. The maximum Gasteiger partial charge on any atom is 0.226 e. The molecule has 0 aromatic carbocycles. The molecule has 0 unspecified atom stereocenters. The van der Waals surface area contributed by atoms with Gasteiger partial charge in [0.1, 0.15) is 0 Å². The summed E-state index contributed by atoms with van der Waals surface area (Å²) in [6.07, 6.45) is 3.40. The third-order valence-corrected chi connectivity index (χ3v) is 1.94. The lowest BCUT2D eigenvalue weighted by molar-refractivity contribution is 0.375. The van der Waals surface area contributed by atoms with E-state index in [-0.39, 0.29) is 0 Å². The Labute approximate surface area is 71.4 Å². The zero-order valence-electron chi connectivity index (χ0n) is 7.21. The Hall–Kier alpha value is -0.900. The number of nitrogens with one attached hydrogen (secondary N) is 1. The maximum absolute atomic E-state index is 4.97. The van der Waals surface area contributed by atoms with Crippen molar-refractivity contribution in [1.82, 2.24) is 15.5 Å². The van der Waals surface area contributed by atoms with Crippen LogP contribution in [0.5, 0.6) is 0 Å². The Morgan fingerprint density at radius 1 is 1.58 bits per heavy atom. The summed E-state index contributed by atoms with van der Waals surface area (Å²) in [5, 5.41) is 7.16. The third-order valence-electron chi connectivity index (χ3n) is 1.94. The van der Waals surface area contributed by atoms with E-state index in [2.05, 4.69) is 15.5 Å². The van der Waals surface area contributed by atoms with Crippen LogP contribution in [0.3, 0.4) is 0 Å². The molecule has 0 saturated heterocycles. The van der Waals surface area contributed by atoms with Crippen LogP contribution in [0.1, 0.15) is 31.5 Å². The van der Waals surface area contributed by atoms with E-state index >= 15 is 0 Å². The highest BCUT2D eigenvalue weighted by Gasteiger charge is 2.20. The van der Waals surface area contributed by atoms with E-state index in [0.29, 0.717) is 6.04 Å². The number of nitrogens with zero attached hydrogens (tertiary/aromatic N) is 2. The largest absolute Gasteiger partial charge is 0.339 e. The maximum atomic E-state index is 4.97. The topological polar surface area (TPSA) is 51.0 Å². The van der Waals surface area contributed by atoms with Gasteiger partial charge >= 0.3 is 0 Å². The zero-order chi connectivity index (χ0) is 8.39. The molecular weight excluding hydrogens is 154 g/mol. The van der Waals surface area contributed by atoms with E-state index in [1.165, 1.54) is 12.8 Å². The first-order valence-electron chi connectivity index (χ1n) is 4.43. The van der Waals surface area contributed by atoms with Crippen LogP contribution < -0.4 is 5.32 Å². The van der Waals surface area contributed by atoms with E-state index in [0.717, 1.165) is 24.7 Å². The van der Waals surface area contributed by atoms with Gasteiger partial charge in [-0.1, -0.05) is 12.1 Å². The van der Waals surface area contributed by atoms with E-state index in [1.807, 2.05) is 6.92 Å². The minimum atomic E-state index is 0.702. The molecule has 4 heteroatoms. The van der Waals surface area contributed by atoms with Crippen LogP contribution in [0.15, 0.2) is 4.52 Å². The van der Waals surface area contributed by atoms with Crippen LogP contribution in [-0.2, 0) is 13.0 Å². The molecular formula is C8H13N3O. The van der Waals surface area contributed by atoms with Gasteiger partial charge < -0.3 is 9.84 Å². The number of rotatable bonds is 4. The number of hydrogen-bond acceptors (Lipinski definition) is 4. The molecule has 0 atom stereocenters. The van der Waals surface area contributed by atoms with Gasteiger partial charge in [0, 0.05) is 12.5 Å². The van der Waals surface area contributed by atoms with Crippen molar-refractivity contribution in [3.8, 4) is 0 Å². The highest BCUT2D eigenvalue weighted by molar-refractivity contribution is 4.88. The lowest BCUT2D eigenvalue weighted by Gasteiger charge is -1.94. The second-order valence-electron chi connectivity index (χ2n) is 3.11. The molecule has 12 heavy (non-hydrogen) atoms. The molecule has 66 valence electrons. The van der Waals surface area contributed by atoms with Gasteiger partial charge in [0.05, 0.1) is 6.54 Å². The molecule has 4 nitrogen and oxygen atoms in total. The van der Waals surface area contributed by atoms with Gasteiger partial charge in [0.15, 0.2) is 5.82 Å². The van der Waals surface area contributed by atoms with Crippen LogP contribution >= 0.6 is 0 Å². The smallest absolute Gasteiger partial charge is 0.226 e. The molecule has 1 heterocycles. The monoisotopic (exact) mass is 167 g/mol. The van der Waals surface area contributed by atoms with Gasteiger partial charge in [-0.05, 0) is 12.8 Å². The molecule has 0 amide bonds. The summed E-state index contributed by atoms with van der Waals surface area (Å²) in [5.41, 5.74) is 0. The highest BCUT2D eigenvalue weighted by atomic mass is 16.5. The predicted molar refractivity (Wildman–Crippen MR) is 43.5 cm³/mol. The fourth-order valence-electron chi connectivity index (χ4n) is 1.03. The van der Waals surface area contributed by atoms with Crippen molar-refractivity contribution in [1.29, 1.82) is 0 Å². The lowest BCUT2D eigenvalue weighted by atomic mass is 10.5. The molecule has 0 bridgehead atoms. The molecule has 1 aromatic rings. The Morgan fingerprint density at radius 2 is 2.42 bits per heavy atom. The van der Waals surface area contributed by atoms with E-state index < -0.39 is 0 Å². The van der Waals surface area contributed by atoms with Crippen LogP contribution in [0, 0.1) is 0 Å². The molecule has 0 radical (unpaired) electrons. The molecule has 1 saturated carbocycles. The van der Waals surface area contributed by atoms with Crippen molar-refractivity contribution in [2.75, 3.05) is 0 Å². The van der Waals surface area contributed by atoms with E-state index in [9.17, 15) is 0 Å². The number of aromatic nitrogens is 2. The average Bonchev–Trinajstić information content (AvgIpc) is 2.81. The first-order valence-corrected chi connectivity index (χ1v) is 4.43. The summed E-state index contributed by atoms with van der Waals surface area (Å²) in [4.78, 5) is 4.19. The van der Waals surface area contributed by atoms with Gasteiger partial charge in [0.2, 0.25) is 5.89 Å². The Balaban J connectivity index is 1.84. The van der Waals surface area contributed by atoms with E-state index in [4.69, 9.17) is 4.52 Å². The number of aryl methyl sites for hydroxylation is 1. The normalized spacial score (nSPS) is 16.8. The molecule has 1 aliphatic rings. The zero-order valence-corrected chi connectivity index (χ0v) is 7.21. The minimum absolute atomic E-state index is 0.702. The molecule has 1 fully saturated rings. The van der Waals surface area contributed by atoms with Crippen molar-refractivity contribution in [2.45, 2.75) is 38.8 Å². The van der Waals surface area contributed by atoms with Gasteiger partial charge in [-0.2, -0.15) is 4.98 Å². The molecule has 1 aliphatic carbocycles. The fraction of sp³-hybridized carbons (Fsp3) is 0.750. The SMILES string of the molecule is CCc1nc(CNC2CC2)no1. The minimum Gasteiger partial charge on any atom is -0.339 e. The molecule has 0 aliphatic heterocycles. The Bertz CT molecular complexity index is 255. The standard InChI is InChI=1S/C8H13N3O/c1-2-8-10-7(11-12-8)5-9-6-3-4-6/h6,9H,2-5H2,1H3. The van der Waals surface area contributed by atoms with Gasteiger partial charge in [0.25, 0.3) is 0 Å². The summed E-state index contributed by atoms with van der Waals surface area (Å²) in [6.45, 7) is 2.75. The number of hydrogen-bond donors (Lipinski definition) is 1. The lowest BCUT2D eigenvalue weighted by Crippen LogP contribution is -2.16. The summed E-state index contributed by atoms with van der Waals surface area (Å²) in [7, 11) is 0. The molecule has 0 spiro atoms. The summed E-state index contributed by atoms with van der Waals surface area (Å²) < 4.78 is 4.97. The van der Waals surface area contributed by atoms with Crippen LogP contribution in [0.25, 0.3) is 0 Å². The van der Waals surface area contributed by atoms with Crippen LogP contribution in [0.2, 0.25) is 0 Å². The first-order chi connectivity index (χ1) is 5.88. The second kappa shape index (κ2) is 3.23. The third kappa shape index (κ3) is 1.82. The fourth-order valence-corrected chi connectivity index (χ4v) is 1.03. The highest BCUT2D eigenvalue weighted by Crippen LogP contribution is 2.18. The molecule has 1 aromatic heterocycles.